The van der Waals surface area contributed by atoms with Crippen molar-refractivity contribution in [1.82, 2.24) is 9.88 Å². The Morgan fingerprint density at radius 1 is 1.25 bits per heavy atom. The number of esters is 1. The van der Waals surface area contributed by atoms with Crippen LogP contribution >= 0.6 is 0 Å². The van der Waals surface area contributed by atoms with Gasteiger partial charge in [-0.25, -0.2) is 4.79 Å². The number of carbonyl (C=O) groups excluding carboxylic acids is 3. The molecule has 106 valence electrons. The summed E-state index contributed by atoms with van der Waals surface area (Å²) in [6.45, 7) is 0.152. The van der Waals surface area contributed by atoms with Crippen LogP contribution in [0.3, 0.4) is 0 Å². The summed E-state index contributed by atoms with van der Waals surface area (Å²) in [4.78, 5) is 40.3. The van der Waals surface area contributed by atoms with Crippen molar-refractivity contribution in [2.45, 2.75) is 32.2 Å². The molecule has 0 bridgehead atoms. The Labute approximate surface area is 116 Å². The Kier molecular flexibility index (Phi) is 4.45. The summed E-state index contributed by atoms with van der Waals surface area (Å²) < 4.78 is 4.58. The van der Waals surface area contributed by atoms with E-state index in [1.807, 2.05) is 0 Å². The number of aromatic nitrogens is 1. The molecule has 2 amide bonds. The van der Waals surface area contributed by atoms with Crippen LogP contribution in [0.15, 0.2) is 18.3 Å². The van der Waals surface area contributed by atoms with E-state index >= 15 is 0 Å². The first-order valence-electron chi connectivity index (χ1n) is 6.48. The van der Waals surface area contributed by atoms with Gasteiger partial charge in [-0.1, -0.05) is 0 Å². The summed E-state index contributed by atoms with van der Waals surface area (Å²) >= 11 is 0. The van der Waals surface area contributed by atoms with E-state index in [9.17, 15) is 14.4 Å². The first-order valence-corrected chi connectivity index (χ1v) is 6.48. The fraction of sp³-hybridized carbons (Fsp3) is 0.429. The largest absolute Gasteiger partial charge is 0.465 e. The number of pyridine rings is 1. The lowest BCUT2D eigenvalue weighted by Gasteiger charge is -2.18. The molecule has 0 spiro atoms. The highest BCUT2D eigenvalue weighted by Gasteiger charge is 2.24. The molecule has 0 atom stereocenters. The molecule has 6 nitrogen and oxygen atoms in total. The number of imide groups is 1. The Hall–Kier alpha value is -2.24. The fourth-order valence-electron chi connectivity index (χ4n) is 2.06. The van der Waals surface area contributed by atoms with Gasteiger partial charge in [0, 0.05) is 19.0 Å². The van der Waals surface area contributed by atoms with Crippen LogP contribution in [0.25, 0.3) is 0 Å². The summed E-state index contributed by atoms with van der Waals surface area (Å²) in [5.41, 5.74) is 0.908. The second-order valence-electron chi connectivity index (χ2n) is 4.61. The molecule has 0 saturated carbocycles. The van der Waals surface area contributed by atoms with E-state index in [1.54, 1.807) is 12.1 Å². The van der Waals surface area contributed by atoms with Gasteiger partial charge in [-0.3, -0.25) is 19.5 Å². The maximum atomic E-state index is 11.9. The van der Waals surface area contributed by atoms with Gasteiger partial charge >= 0.3 is 5.97 Å². The van der Waals surface area contributed by atoms with Crippen LogP contribution in [-0.2, 0) is 20.9 Å². The summed E-state index contributed by atoms with van der Waals surface area (Å²) in [6, 6.07) is 3.19. The molecule has 1 saturated heterocycles. The van der Waals surface area contributed by atoms with E-state index < -0.39 is 5.97 Å². The molecule has 0 aliphatic carbocycles. The third-order valence-electron chi connectivity index (χ3n) is 3.20. The van der Waals surface area contributed by atoms with E-state index in [1.165, 1.54) is 18.2 Å². The van der Waals surface area contributed by atoms with Crippen LogP contribution in [0.5, 0.6) is 0 Å². The van der Waals surface area contributed by atoms with Gasteiger partial charge in [-0.05, 0) is 25.0 Å². The van der Waals surface area contributed by atoms with Crippen molar-refractivity contribution < 1.29 is 19.1 Å². The van der Waals surface area contributed by atoms with Crippen LogP contribution in [-0.4, -0.2) is 34.8 Å². The van der Waals surface area contributed by atoms with Crippen molar-refractivity contribution in [3.63, 3.8) is 0 Å². The Morgan fingerprint density at radius 2 is 1.90 bits per heavy atom. The number of rotatable bonds is 3. The van der Waals surface area contributed by atoms with E-state index in [0.717, 1.165) is 12.8 Å². The minimum absolute atomic E-state index is 0.152. The van der Waals surface area contributed by atoms with E-state index in [0.29, 0.717) is 24.1 Å². The number of amides is 2. The minimum atomic E-state index is -0.467. The van der Waals surface area contributed by atoms with E-state index in [2.05, 4.69) is 9.72 Å². The topological polar surface area (TPSA) is 76.6 Å². The first kappa shape index (κ1) is 14.2. The number of carbonyl (C=O) groups is 3. The summed E-state index contributed by atoms with van der Waals surface area (Å²) in [5, 5.41) is 0. The number of nitrogens with zero attached hydrogens (tertiary/aromatic N) is 2. The third kappa shape index (κ3) is 3.20. The van der Waals surface area contributed by atoms with Crippen LogP contribution in [0.1, 0.15) is 41.7 Å². The number of methoxy groups -OCH3 is 1. The number of hydrogen-bond donors (Lipinski definition) is 0. The quantitative estimate of drug-likeness (QED) is 0.614. The van der Waals surface area contributed by atoms with Crippen molar-refractivity contribution in [3.8, 4) is 0 Å². The molecule has 6 heteroatoms. The third-order valence-corrected chi connectivity index (χ3v) is 3.20. The van der Waals surface area contributed by atoms with Gasteiger partial charge in [0.15, 0.2) is 0 Å². The van der Waals surface area contributed by atoms with Crippen LogP contribution in [0, 0.1) is 0 Å². The molecule has 0 aromatic carbocycles. The van der Waals surface area contributed by atoms with Gasteiger partial charge in [0.1, 0.15) is 0 Å². The zero-order valence-electron chi connectivity index (χ0n) is 11.3. The molecule has 1 aromatic heterocycles. The SMILES string of the molecule is COC(=O)c1ccc(CN2C(=O)CCCCC2=O)nc1. The number of ether oxygens (including phenoxy) is 1. The molecule has 2 heterocycles. The molecular weight excluding hydrogens is 260 g/mol. The van der Waals surface area contributed by atoms with Crippen molar-refractivity contribution in [2.24, 2.45) is 0 Å². The predicted octanol–water partition coefficient (Wildman–Crippen LogP) is 1.30. The minimum Gasteiger partial charge on any atom is -0.465 e. The maximum absolute atomic E-state index is 11.9. The number of likely N-dealkylation sites (tertiary alicyclic amines) is 1. The van der Waals surface area contributed by atoms with Gasteiger partial charge in [0.25, 0.3) is 0 Å². The Balaban J connectivity index is 2.10. The summed E-state index contributed by atoms with van der Waals surface area (Å²) in [7, 11) is 1.30. The van der Waals surface area contributed by atoms with Crippen molar-refractivity contribution in [2.75, 3.05) is 7.11 Å². The molecule has 0 radical (unpaired) electrons. The van der Waals surface area contributed by atoms with Gasteiger partial charge in [-0.15, -0.1) is 0 Å². The first-order chi connectivity index (χ1) is 9.61. The van der Waals surface area contributed by atoms with Crippen LogP contribution in [0.4, 0.5) is 0 Å². The van der Waals surface area contributed by atoms with Gasteiger partial charge < -0.3 is 4.74 Å². The molecular formula is C14H16N2O4. The lowest BCUT2D eigenvalue weighted by Crippen LogP contribution is -2.34. The zero-order chi connectivity index (χ0) is 14.5. The molecule has 0 N–H and O–H groups in total. The predicted molar refractivity (Wildman–Crippen MR) is 69.6 cm³/mol. The van der Waals surface area contributed by atoms with Crippen LogP contribution < -0.4 is 0 Å². The molecule has 20 heavy (non-hydrogen) atoms. The lowest BCUT2D eigenvalue weighted by molar-refractivity contribution is -0.144. The van der Waals surface area contributed by atoms with E-state index in [-0.39, 0.29) is 18.4 Å². The average Bonchev–Trinajstić information content (AvgIpc) is 2.62. The number of hydrogen-bond acceptors (Lipinski definition) is 5. The molecule has 1 fully saturated rings. The smallest absolute Gasteiger partial charge is 0.339 e. The second-order valence-corrected chi connectivity index (χ2v) is 4.61. The van der Waals surface area contributed by atoms with Gasteiger partial charge in [0.2, 0.25) is 11.8 Å². The second kappa shape index (κ2) is 6.27. The molecule has 2 rings (SSSR count). The van der Waals surface area contributed by atoms with Gasteiger partial charge in [-0.2, -0.15) is 0 Å². The molecule has 0 unspecified atom stereocenters. The standard InChI is InChI=1S/C14H16N2O4/c1-20-14(19)10-6-7-11(15-8-10)9-16-12(17)4-2-3-5-13(16)18/h6-8H,2-5,9H2,1H3. The molecule has 1 aliphatic heterocycles. The summed E-state index contributed by atoms with van der Waals surface area (Å²) in [6.07, 6.45) is 3.66. The Bertz CT molecular complexity index is 506. The fourth-order valence-corrected chi connectivity index (χ4v) is 2.06. The normalized spacial score (nSPS) is 15.9. The van der Waals surface area contributed by atoms with E-state index in [4.69, 9.17) is 0 Å². The van der Waals surface area contributed by atoms with Crippen molar-refractivity contribution in [3.05, 3.63) is 29.6 Å². The Morgan fingerprint density at radius 3 is 2.40 bits per heavy atom. The highest BCUT2D eigenvalue weighted by Crippen LogP contribution is 2.15. The monoisotopic (exact) mass is 276 g/mol. The lowest BCUT2D eigenvalue weighted by atomic mass is 10.2. The average molecular weight is 276 g/mol. The highest BCUT2D eigenvalue weighted by molar-refractivity contribution is 5.96. The highest BCUT2D eigenvalue weighted by atomic mass is 16.5. The van der Waals surface area contributed by atoms with Gasteiger partial charge in [0.05, 0.1) is 24.9 Å². The summed E-state index contributed by atoms with van der Waals surface area (Å²) in [5.74, 6) is -0.788. The molecule has 1 aliphatic rings. The maximum Gasteiger partial charge on any atom is 0.339 e. The van der Waals surface area contributed by atoms with Crippen molar-refractivity contribution in [1.29, 1.82) is 0 Å². The zero-order valence-corrected chi connectivity index (χ0v) is 11.3. The van der Waals surface area contributed by atoms with Crippen LogP contribution in [0.2, 0.25) is 0 Å². The molecule has 1 aromatic rings. The van der Waals surface area contributed by atoms with Crippen molar-refractivity contribution >= 4 is 17.8 Å².